The second-order valence-electron chi connectivity index (χ2n) is 5.81. The van der Waals surface area contributed by atoms with Gasteiger partial charge in [0.2, 0.25) is 0 Å². The van der Waals surface area contributed by atoms with Crippen molar-refractivity contribution in [3.63, 3.8) is 0 Å². The van der Waals surface area contributed by atoms with Crippen molar-refractivity contribution in [1.82, 2.24) is 9.80 Å². The normalized spacial score (nSPS) is 34.8. The molecule has 1 spiro atoms. The average molecular weight is 291 g/mol. The van der Waals surface area contributed by atoms with Gasteiger partial charge in [-0.05, 0) is 24.1 Å². The zero-order chi connectivity index (χ0) is 15.0. The molecule has 1 atom stereocenters. The molecule has 6 heterocycles. The molecule has 2 amide bonds. The zero-order valence-corrected chi connectivity index (χ0v) is 12.2. The first-order valence-electron chi connectivity index (χ1n) is 7.52. The maximum Gasteiger partial charge on any atom is 0.345 e. The number of amides is 2. The summed E-state index contributed by atoms with van der Waals surface area (Å²) in [5.74, 6) is 0. The fraction of sp³-hybridized carbons (Fsp3) is 0.222. The smallest absolute Gasteiger partial charge is 0.345 e. The first-order valence-corrected chi connectivity index (χ1v) is 7.52. The molecule has 0 saturated carbocycles. The summed E-state index contributed by atoms with van der Waals surface area (Å²) < 4.78 is 0. The molecule has 4 nitrogen and oxygen atoms in total. The van der Waals surface area contributed by atoms with Gasteiger partial charge in [0, 0.05) is 25.2 Å². The van der Waals surface area contributed by atoms with Crippen LogP contribution in [0.3, 0.4) is 0 Å². The van der Waals surface area contributed by atoms with Gasteiger partial charge in [-0.15, -0.1) is 0 Å². The van der Waals surface area contributed by atoms with E-state index in [4.69, 9.17) is 0 Å². The van der Waals surface area contributed by atoms with Crippen molar-refractivity contribution in [2.75, 3.05) is 6.54 Å². The van der Waals surface area contributed by atoms with E-state index in [1.54, 1.807) is 6.21 Å². The van der Waals surface area contributed by atoms with E-state index >= 15 is 0 Å². The summed E-state index contributed by atoms with van der Waals surface area (Å²) in [6.07, 6.45) is 25.2. The third-order valence-corrected chi connectivity index (χ3v) is 4.44. The van der Waals surface area contributed by atoms with Crippen molar-refractivity contribution in [2.45, 2.75) is 18.0 Å². The monoisotopic (exact) mass is 291 g/mol. The van der Waals surface area contributed by atoms with Crippen LogP contribution in [-0.2, 0) is 0 Å². The summed E-state index contributed by atoms with van der Waals surface area (Å²) in [7, 11) is 0. The number of allylic oxidation sites excluding steroid dienone is 7. The molecule has 1 aliphatic carbocycles. The lowest BCUT2D eigenvalue weighted by Gasteiger charge is -2.41. The number of carbonyl (C=O) groups is 1. The van der Waals surface area contributed by atoms with Crippen LogP contribution < -0.4 is 0 Å². The molecule has 4 bridgehead atoms. The number of hydrogen-bond donors (Lipinski definition) is 0. The predicted octanol–water partition coefficient (Wildman–Crippen LogP) is 2.96. The summed E-state index contributed by atoms with van der Waals surface area (Å²) in [5, 5.41) is 0. The molecule has 0 aromatic heterocycles. The van der Waals surface area contributed by atoms with E-state index in [1.807, 2.05) is 35.5 Å². The van der Waals surface area contributed by atoms with Gasteiger partial charge in [0.05, 0.1) is 6.04 Å². The second kappa shape index (κ2) is 4.98. The summed E-state index contributed by atoms with van der Waals surface area (Å²) in [6, 6.07) is -0.210. The van der Waals surface area contributed by atoms with Crippen LogP contribution in [0.5, 0.6) is 0 Å². The van der Waals surface area contributed by atoms with Crippen molar-refractivity contribution in [3.05, 3.63) is 72.7 Å². The molecule has 7 rings (SSSR count). The highest BCUT2D eigenvalue weighted by atomic mass is 16.2. The van der Waals surface area contributed by atoms with E-state index in [2.05, 4.69) is 46.3 Å². The number of carbonyl (C=O) groups excluding carboxylic acids is 1. The Morgan fingerprint density at radius 2 is 2.00 bits per heavy atom. The van der Waals surface area contributed by atoms with Crippen molar-refractivity contribution < 1.29 is 4.79 Å². The van der Waals surface area contributed by atoms with Gasteiger partial charge in [0.25, 0.3) is 0 Å². The van der Waals surface area contributed by atoms with Crippen LogP contribution in [0, 0.1) is 0 Å². The average Bonchev–Trinajstić information content (AvgIpc) is 2.86. The number of nitrogens with zero attached hydrogens (tertiary/aromatic N) is 3. The van der Waals surface area contributed by atoms with Crippen LogP contribution >= 0.6 is 0 Å². The highest BCUT2D eigenvalue weighted by Gasteiger charge is 2.44. The topological polar surface area (TPSA) is 35.9 Å². The highest BCUT2D eigenvalue weighted by Crippen LogP contribution is 2.33. The van der Waals surface area contributed by atoms with E-state index in [0.29, 0.717) is 0 Å². The Labute approximate surface area is 129 Å². The maximum atomic E-state index is 12.3. The molecule has 4 heteroatoms. The van der Waals surface area contributed by atoms with Gasteiger partial charge < -0.3 is 4.90 Å². The minimum atomic E-state index is -0.401. The summed E-state index contributed by atoms with van der Waals surface area (Å²) in [6.45, 7) is 0.859. The number of hydrogen-bond acceptors (Lipinski definition) is 2. The molecule has 0 N–H and O–H groups in total. The van der Waals surface area contributed by atoms with Gasteiger partial charge in [0.1, 0.15) is 5.54 Å². The van der Waals surface area contributed by atoms with Crippen LogP contribution in [0.1, 0.15) is 6.42 Å². The van der Waals surface area contributed by atoms with E-state index in [9.17, 15) is 4.79 Å². The van der Waals surface area contributed by atoms with Gasteiger partial charge >= 0.3 is 6.03 Å². The molecule has 0 radical (unpaired) electrons. The third kappa shape index (κ3) is 2.08. The van der Waals surface area contributed by atoms with Crippen molar-refractivity contribution in [2.24, 2.45) is 4.99 Å². The number of urea groups is 1. The van der Waals surface area contributed by atoms with E-state index in [-0.39, 0.29) is 12.1 Å². The summed E-state index contributed by atoms with van der Waals surface area (Å²) in [4.78, 5) is 20.4. The number of rotatable bonds is 0. The molecule has 6 aliphatic heterocycles. The van der Waals surface area contributed by atoms with Gasteiger partial charge in [-0.2, -0.15) is 0 Å². The van der Waals surface area contributed by atoms with Crippen molar-refractivity contribution in [1.29, 1.82) is 0 Å². The van der Waals surface area contributed by atoms with Gasteiger partial charge in [-0.1, -0.05) is 42.5 Å². The third-order valence-electron chi connectivity index (χ3n) is 4.44. The Morgan fingerprint density at radius 1 is 1.14 bits per heavy atom. The fourth-order valence-corrected chi connectivity index (χ4v) is 3.21. The second-order valence-corrected chi connectivity index (χ2v) is 5.81. The van der Waals surface area contributed by atoms with Gasteiger partial charge in [0.15, 0.2) is 0 Å². The van der Waals surface area contributed by atoms with E-state index < -0.39 is 5.54 Å². The Bertz CT molecular complexity index is 692. The molecule has 0 saturated heterocycles. The quantitative estimate of drug-likeness (QED) is 0.688. The Balaban J connectivity index is 1.80. The highest BCUT2D eigenvalue weighted by molar-refractivity contribution is 5.97. The largest absolute Gasteiger partial charge is 0.354 e. The van der Waals surface area contributed by atoms with E-state index in [0.717, 1.165) is 18.5 Å². The Morgan fingerprint density at radius 3 is 2.77 bits per heavy atom. The van der Waals surface area contributed by atoms with Crippen LogP contribution in [0.25, 0.3) is 0 Å². The molecule has 7 aliphatic rings. The maximum absolute atomic E-state index is 12.3. The lowest BCUT2D eigenvalue weighted by atomic mass is 9.90. The molecular formula is C18H17N3O. The lowest BCUT2D eigenvalue weighted by molar-refractivity contribution is 0.171. The van der Waals surface area contributed by atoms with Crippen molar-refractivity contribution >= 4 is 12.2 Å². The molecule has 0 fully saturated rings. The standard InChI is InChI=1S/C18H17N3O/c22-17-19-14-18-9-12-20(13-10-18)11-3-1-2-4-15-5-7-16(8-6-15)21(17)18/h1-9,11-12,14,16H,10,13H2/b2-1-,11-3-,15-4?. The lowest BCUT2D eigenvalue weighted by Crippen LogP contribution is -2.53. The van der Waals surface area contributed by atoms with Gasteiger partial charge in [-0.25, -0.2) is 9.79 Å². The first-order chi connectivity index (χ1) is 10.8. The minimum absolute atomic E-state index is 0.0502. The fourth-order valence-electron chi connectivity index (χ4n) is 3.21. The number of aliphatic imine (C=N–C) groups is 1. The molecule has 1 unspecified atom stereocenters. The minimum Gasteiger partial charge on any atom is -0.354 e. The molecular weight excluding hydrogens is 274 g/mol. The van der Waals surface area contributed by atoms with Crippen molar-refractivity contribution in [3.8, 4) is 0 Å². The SMILES string of the molecule is O=C1N=CC23C=CN(/C=C\C=C/C=C4C=CC(C=C4)N12)CC3. The predicted molar refractivity (Wildman–Crippen MR) is 87.4 cm³/mol. The first kappa shape index (κ1) is 13.1. The van der Waals surface area contributed by atoms with Crippen LogP contribution in [0.2, 0.25) is 0 Å². The van der Waals surface area contributed by atoms with Crippen LogP contribution in [-0.4, -0.2) is 40.2 Å². The zero-order valence-electron chi connectivity index (χ0n) is 12.2. The Hall–Kier alpha value is -2.62. The molecule has 0 aromatic carbocycles. The molecule has 110 valence electrons. The van der Waals surface area contributed by atoms with E-state index in [1.165, 1.54) is 0 Å². The molecule has 22 heavy (non-hydrogen) atoms. The Kier molecular flexibility index (Phi) is 2.96. The summed E-state index contributed by atoms with van der Waals surface area (Å²) in [5.41, 5.74) is 0.725. The van der Waals surface area contributed by atoms with Crippen LogP contribution in [0.15, 0.2) is 77.6 Å². The molecule has 0 aromatic rings. The van der Waals surface area contributed by atoms with Crippen LogP contribution in [0.4, 0.5) is 4.79 Å². The summed E-state index contributed by atoms with van der Waals surface area (Å²) >= 11 is 0. The van der Waals surface area contributed by atoms with Gasteiger partial charge in [-0.3, -0.25) is 4.90 Å².